The van der Waals surface area contributed by atoms with Crippen molar-refractivity contribution in [1.82, 2.24) is 20.1 Å². The van der Waals surface area contributed by atoms with Crippen LogP contribution in [0.25, 0.3) is 5.69 Å². The number of hydrogen-bond acceptors (Lipinski definition) is 5. The van der Waals surface area contributed by atoms with Crippen LogP contribution in [0.1, 0.15) is 32.6 Å². The number of amides is 3. The zero-order chi connectivity index (χ0) is 21.0. The molecule has 0 aliphatic rings. The predicted molar refractivity (Wildman–Crippen MR) is 105 cm³/mol. The number of aromatic nitrogens is 3. The van der Waals surface area contributed by atoms with E-state index in [0.29, 0.717) is 16.7 Å². The molecule has 3 amide bonds. The second-order valence-corrected chi connectivity index (χ2v) is 8.20. The number of primary amides is 1. The Morgan fingerprint density at radius 2 is 1.79 bits per heavy atom. The maximum absolute atomic E-state index is 13.4. The Balaban J connectivity index is 2.49. The number of benzene rings is 1. The highest BCUT2D eigenvalue weighted by atomic mass is 32.2. The van der Waals surface area contributed by atoms with Crippen LogP contribution in [0.2, 0.25) is 0 Å². The number of nitrogens with one attached hydrogen (secondary N) is 2. The van der Waals surface area contributed by atoms with Crippen molar-refractivity contribution >= 4 is 23.7 Å². The summed E-state index contributed by atoms with van der Waals surface area (Å²) in [5.41, 5.74) is 5.78. The molecule has 1 aromatic heterocycles. The van der Waals surface area contributed by atoms with E-state index in [1.165, 1.54) is 23.9 Å². The Hall–Kier alpha value is -2.46. The fourth-order valence-corrected chi connectivity index (χ4v) is 3.59. The highest BCUT2D eigenvalue weighted by Gasteiger charge is 2.30. The molecule has 0 aliphatic carbocycles. The van der Waals surface area contributed by atoms with Gasteiger partial charge in [0.15, 0.2) is 11.0 Å². The second-order valence-electron chi connectivity index (χ2n) is 7.09. The number of quaternary nitrogens is 1. The molecule has 8 nitrogen and oxygen atoms in total. The largest absolute Gasteiger partial charge is 0.351 e. The van der Waals surface area contributed by atoms with Gasteiger partial charge in [-0.1, -0.05) is 25.6 Å². The van der Waals surface area contributed by atoms with Crippen molar-refractivity contribution in [3.8, 4) is 5.69 Å². The lowest BCUT2D eigenvalue weighted by molar-refractivity contribution is -0.890. The summed E-state index contributed by atoms with van der Waals surface area (Å²) < 4.78 is 15.2. The monoisotopic (exact) mass is 409 g/mol. The lowest BCUT2D eigenvalue weighted by Gasteiger charge is -2.21. The smallest absolute Gasteiger partial charge is 0.318 e. The third kappa shape index (κ3) is 5.08. The van der Waals surface area contributed by atoms with E-state index in [2.05, 4.69) is 15.5 Å². The van der Waals surface area contributed by atoms with Crippen molar-refractivity contribution in [3.05, 3.63) is 35.9 Å². The van der Waals surface area contributed by atoms with Crippen LogP contribution in [-0.4, -0.2) is 46.0 Å². The quantitative estimate of drug-likeness (QED) is 0.590. The summed E-state index contributed by atoms with van der Waals surface area (Å²) in [6, 6.07) is 5.10. The molecule has 0 bridgehead atoms. The van der Waals surface area contributed by atoms with Crippen molar-refractivity contribution in [2.45, 2.75) is 37.2 Å². The van der Waals surface area contributed by atoms with Crippen LogP contribution in [0.3, 0.4) is 0 Å². The van der Waals surface area contributed by atoms with Gasteiger partial charge in [0, 0.05) is 5.69 Å². The average molecular weight is 410 g/mol. The summed E-state index contributed by atoms with van der Waals surface area (Å²) in [5, 5.41) is 10.6. The third-order valence-corrected chi connectivity index (χ3v) is 5.83. The summed E-state index contributed by atoms with van der Waals surface area (Å²) in [4.78, 5) is 24.6. The van der Waals surface area contributed by atoms with E-state index < -0.39 is 17.2 Å². The van der Waals surface area contributed by atoms with Crippen LogP contribution >= 0.6 is 11.8 Å². The Morgan fingerprint density at radius 1 is 1.18 bits per heavy atom. The number of nitrogens with zero attached hydrogens (tertiary/aromatic N) is 3. The van der Waals surface area contributed by atoms with Crippen LogP contribution in [0.5, 0.6) is 0 Å². The highest BCUT2D eigenvalue weighted by Crippen LogP contribution is 2.31. The average Bonchev–Trinajstić information content (AvgIpc) is 3.02. The van der Waals surface area contributed by atoms with Gasteiger partial charge in [-0.05, 0) is 37.1 Å². The standard InChI is InChI=1S/C18H25FN6O2S/c1-10(2)14(16(26)21-17(20)27)28-18-23-22-15(11(3)24(4)5)25(18)13-8-6-12(19)7-9-13/h6-11,14H,1-5H3,(H3,20,21,26,27)/p+1/t11-,14-/m0/s1. The number of halogens is 1. The van der Waals surface area contributed by atoms with Gasteiger partial charge in [-0.25, -0.2) is 9.18 Å². The van der Waals surface area contributed by atoms with E-state index in [-0.39, 0.29) is 17.8 Å². The first kappa shape index (κ1) is 21.8. The van der Waals surface area contributed by atoms with Crippen LogP contribution < -0.4 is 16.0 Å². The van der Waals surface area contributed by atoms with E-state index in [0.717, 1.165) is 4.90 Å². The molecule has 0 fully saturated rings. The minimum Gasteiger partial charge on any atom is -0.351 e. The van der Waals surface area contributed by atoms with Crippen LogP contribution in [0.4, 0.5) is 9.18 Å². The summed E-state index contributed by atoms with van der Waals surface area (Å²) >= 11 is 1.19. The number of carbonyl (C=O) groups is 2. The summed E-state index contributed by atoms with van der Waals surface area (Å²) in [6.45, 7) is 5.74. The van der Waals surface area contributed by atoms with Crippen molar-refractivity contribution in [2.75, 3.05) is 14.1 Å². The molecule has 0 saturated heterocycles. The molecule has 10 heteroatoms. The van der Waals surface area contributed by atoms with Gasteiger partial charge in [-0.3, -0.25) is 14.7 Å². The van der Waals surface area contributed by atoms with Crippen molar-refractivity contribution in [2.24, 2.45) is 11.7 Å². The molecule has 4 N–H and O–H groups in total. The van der Waals surface area contributed by atoms with E-state index in [1.54, 1.807) is 12.1 Å². The van der Waals surface area contributed by atoms with Gasteiger partial charge in [-0.15, -0.1) is 10.2 Å². The fourth-order valence-electron chi connectivity index (χ4n) is 2.53. The minimum absolute atomic E-state index is 0.00356. The maximum atomic E-state index is 13.4. The van der Waals surface area contributed by atoms with Gasteiger partial charge >= 0.3 is 6.03 Å². The molecule has 0 spiro atoms. The van der Waals surface area contributed by atoms with E-state index in [4.69, 9.17) is 5.73 Å². The molecule has 0 radical (unpaired) electrons. The first-order valence-electron chi connectivity index (χ1n) is 8.90. The fraction of sp³-hybridized carbons (Fsp3) is 0.444. The maximum Gasteiger partial charge on any atom is 0.318 e. The molecular weight excluding hydrogens is 383 g/mol. The summed E-state index contributed by atoms with van der Waals surface area (Å²) in [5.74, 6) is -0.247. The van der Waals surface area contributed by atoms with Crippen LogP contribution in [0, 0.1) is 11.7 Å². The Kier molecular flexibility index (Phi) is 7.14. The number of carbonyl (C=O) groups excluding carboxylic acids is 2. The number of imide groups is 1. The first-order valence-corrected chi connectivity index (χ1v) is 9.78. The molecule has 0 saturated carbocycles. The van der Waals surface area contributed by atoms with Gasteiger partial charge in [-0.2, -0.15) is 0 Å². The number of rotatable bonds is 7. The number of thioether (sulfide) groups is 1. The number of hydrogen-bond donors (Lipinski definition) is 3. The zero-order valence-electron chi connectivity index (χ0n) is 16.6. The molecule has 0 aliphatic heterocycles. The van der Waals surface area contributed by atoms with Crippen molar-refractivity contribution in [3.63, 3.8) is 0 Å². The highest BCUT2D eigenvalue weighted by molar-refractivity contribution is 8.00. The number of nitrogens with two attached hydrogens (primary N) is 1. The molecular formula is C18H26FN6O2S+. The van der Waals surface area contributed by atoms with E-state index in [1.807, 2.05) is 39.4 Å². The third-order valence-electron chi connectivity index (χ3n) is 4.34. The number of urea groups is 1. The Morgan fingerprint density at radius 3 is 2.29 bits per heavy atom. The summed E-state index contributed by atoms with van der Waals surface area (Å²) in [7, 11) is 4.00. The molecule has 0 unspecified atom stereocenters. The molecule has 1 aromatic carbocycles. The molecule has 28 heavy (non-hydrogen) atoms. The second kappa shape index (κ2) is 9.16. The zero-order valence-corrected chi connectivity index (χ0v) is 17.4. The molecule has 2 atom stereocenters. The van der Waals surface area contributed by atoms with Crippen molar-refractivity contribution in [1.29, 1.82) is 0 Å². The summed E-state index contributed by atoms with van der Waals surface area (Å²) in [6.07, 6.45) is 0. The van der Waals surface area contributed by atoms with Gasteiger partial charge in [0.05, 0.1) is 19.3 Å². The predicted octanol–water partition coefficient (Wildman–Crippen LogP) is 0.924. The van der Waals surface area contributed by atoms with Gasteiger partial charge in [0.2, 0.25) is 5.91 Å². The van der Waals surface area contributed by atoms with E-state index in [9.17, 15) is 14.0 Å². The van der Waals surface area contributed by atoms with Gasteiger partial charge in [0.25, 0.3) is 0 Å². The minimum atomic E-state index is -0.901. The Bertz CT molecular complexity index is 837. The van der Waals surface area contributed by atoms with Gasteiger partial charge < -0.3 is 10.6 Å². The van der Waals surface area contributed by atoms with E-state index >= 15 is 0 Å². The molecule has 2 aromatic rings. The first-order chi connectivity index (χ1) is 13.1. The van der Waals surface area contributed by atoms with Gasteiger partial charge in [0.1, 0.15) is 11.9 Å². The lowest BCUT2D eigenvalue weighted by Crippen LogP contribution is -3.05. The van der Waals surface area contributed by atoms with Crippen molar-refractivity contribution < 1.29 is 18.9 Å². The van der Waals surface area contributed by atoms with Crippen LogP contribution in [-0.2, 0) is 4.79 Å². The topological polar surface area (TPSA) is 107 Å². The molecule has 2 rings (SSSR count). The molecule has 1 heterocycles. The Labute approximate surface area is 167 Å². The van der Waals surface area contributed by atoms with Crippen LogP contribution in [0.15, 0.2) is 29.4 Å². The SMILES string of the molecule is CC(C)[C@H](Sc1nnc([C@H](C)[NH+](C)C)n1-c1ccc(F)cc1)C(=O)NC(N)=O. The molecule has 152 valence electrons. The normalized spacial score (nSPS) is 13.6. The lowest BCUT2D eigenvalue weighted by atomic mass is 10.1.